The summed E-state index contributed by atoms with van der Waals surface area (Å²) in [5.74, 6) is -0.359. The normalized spacial score (nSPS) is 10.6. The lowest BCUT2D eigenvalue weighted by Gasteiger charge is -2.01. The van der Waals surface area contributed by atoms with Crippen LogP contribution in [0.4, 0.5) is 4.39 Å². The van der Waals surface area contributed by atoms with Gasteiger partial charge in [0.1, 0.15) is 11.5 Å². The number of carbonyl (C=O) groups excluding carboxylic acids is 1. The van der Waals surface area contributed by atoms with E-state index in [0.29, 0.717) is 16.8 Å². The number of rotatable bonds is 3. The van der Waals surface area contributed by atoms with Gasteiger partial charge in [-0.25, -0.2) is 9.07 Å². The average molecular weight is 345 g/mol. The van der Waals surface area contributed by atoms with Gasteiger partial charge >= 0.3 is 0 Å². The maximum absolute atomic E-state index is 13.3. The smallest absolute Gasteiger partial charge is 0.153 e. The molecule has 0 atom stereocenters. The number of hydrogen-bond acceptors (Lipinski definition) is 2. The van der Waals surface area contributed by atoms with Crippen LogP contribution in [0.2, 0.25) is 0 Å². The highest BCUT2D eigenvalue weighted by molar-refractivity contribution is 9.10. The van der Waals surface area contributed by atoms with Gasteiger partial charge in [0.05, 0.1) is 11.3 Å². The van der Waals surface area contributed by atoms with Gasteiger partial charge < -0.3 is 0 Å². The minimum absolute atomic E-state index is 0.359. The molecule has 3 aromatic rings. The van der Waals surface area contributed by atoms with E-state index in [0.717, 1.165) is 16.4 Å². The van der Waals surface area contributed by atoms with Gasteiger partial charge in [-0.05, 0) is 36.4 Å². The summed E-state index contributed by atoms with van der Waals surface area (Å²) in [5.41, 5.74) is 2.29. The van der Waals surface area contributed by atoms with E-state index in [-0.39, 0.29) is 5.82 Å². The molecule has 0 fully saturated rings. The third-order valence-corrected chi connectivity index (χ3v) is 3.59. The van der Waals surface area contributed by atoms with Crippen LogP contribution in [0.1, 0.15) is 10.4 Å². The molecule has 0 amide bonds. The molecule has 3 nitrogen and oxygen atoms in total. The van der Waals surface area contributed by atoms with E-state index in [1.165, 1.54) is 12.1 Å². The Kier molecular flexibility index (Phi) is 3.66. The second-order valence-electron chi connectivity index (χ2n) is 4.48. The van der Waals surface area contributed by atoms with Crippen molar-refractivity contribution in [1.82, 2.24) is 9.78 Å². The van der Waals surface area contributed by atoms with Crippen molar-refractivity contribution in [3.05, 3.63) is 70.6 Å². The highest BCUT2D eigenvalue weighted by Gasteiger charge is 2.12. The third kappa shape index (κ3) is 2.78. The van der Waals surface area contributed by atoms with Gasteiger partial charge in [0.25, 0.3) is 0 Å². The molecule has 3 rings (SSSR count). The standard InChI is InChI=1S/C16H10BrFN2O/c17-13-4-6-15(7-5-13)20-9-12(10-21)16(19-20)11-2-1-3-14(18)8-11/h1-10H. The van der Waals surface area contributed by atoms with Gasteiger partial charge in [-0.15, -0.1) is 0 Å². The number of hydrogen-bond donors (Lipinski definition) is 0. The first-order valence-corrected chi connectivity index (χ1v) is 7.03. The van der Waals surface area contributed by atoms with Gasteiger partial charge in [0, 0.05) is 16.2 Å². The summed E-state index contributed by atoms with van der Waals surface area (Å²) in [5, 5.41) is 4.40. The fraction of sp³-hybridized carbons (Fsp3) is 0. The molecular weight excluding hydrogens is 335 g/mol. The summed E-state index contributed by atoms with van der Waals surface area (Å²) in [6, 6.07) is 13.6. The first kappa shape index (κ1) is 13.7. The quantitative estimate of drug-likeness (QED) is 0.665. The number of aromatic nitrogens is 2. The lowest BCUT2D eigenvalue weighted by molar-refractivity contribution is 0.112. The summed E-state index contributed by atoms with van der Waals surface area (Å²) in [4.78, 5) is 11.2. The lowest BCUT2D eigenvalue weighted by atomic mass is 10.1. The second-order valence-corrected chi connectivity index (χ2v) is 5.40. The Labute approximate surface area is 129 Å². The van der Waals surface area contributed by atoms with Gasteiger partial charge in [-0.3, -0.25) is 4.79 Å². The van der Waals surface area contributed by atoms with Crippen LogP contribution in [0.5, 0.6) is 0 Å². The predicted octanol–water partition coefficient (Wildman–Crippen LogP) is 4.25. The SMILES string of the molecule is O=Cc1cn(-c2ccc(Br)cc2)nc1-c1cccc(F)c1. The largest absolute Gasteiger partial charge is 0.298 e. The summed E-state index contributed by atoms with van der Waals surface area (Å²) < 4.78 is 15.9. The number of benzene rings is 2. The van der Waals surface area contributed by atoms with E-state index < -0.39 is 0 Å². The molecule has 0 aliphatic rings. The zero-order valence-electron chi connectivity index (χ0n) is 10.8. The Bertz CT molecular complexity index is 796. The van der Waals surface area contributed by atoms with Crippen LogP contribution in [0, 0.1) is 5.82 Å². The van der Waals surface area contributed by atoms with Crippen LogP contribution in [0.25, 0.3) is 16.9 Å². The second kappa shape index (κ2) is 5.61. The molecule has 0 N–H and O–H groups in total. The van der Waals surface area contributed by atoms with Gasteiger partial charge in [0.2, 0.25) is 0 Å². The Morgan fingerprint density at radius 1 is 1.14 bits per heavy atom. The minimum Gasteiger partial charge on any atom is -0.298 e. The molecule has 5 heteroatoms. The number of halogens is 2. The Hall–Kier alpha value is -2.27. The Balaban J connectivity index is 2.10. The molecule has 0 saturated carbocycles. The van der Waals surface area contributed by atoms with Gasteiger partial charge in [-0.1, -0.05) is 28.1 Å². The molecule has 1 aromatic heterocycles. The van der Waals surface area contributed by atoms with Crippen molar-refractivity contribution in [2.75, 3.05) is 0 Å². The highest BCUT2D eigenvalue weighted by atomic mass is 79.9. The zero-order valence-corrected chi connectivity index (χ0v) is 12.4. The summed E-state index contributed by atoms with van der Waals surface area (Å²) >= 11 is 3.37. The maximum Gasteiger partial charge on any atom is 0.153 e. The summed E-state index contributed by atoms with van der Waals surface area (Å²) in [6.45, 7) is 0. The van der Waals surface area contributed by atoms with Crippen molar-refractivity contribution in [1.29, 1.82) is 0 Å². The first-order valence-electron chi connectivity index (χ1n) is 6.24. The van der Waals surface area contributed by atoms with E-state index in [2.05, 4.69) is 21.0 Å². The molecule has 1 heterocycles. The molecule has 104 valence electrons. The van der Waals surface area contributed by atoms with Crippen LogP contribution >= 0.6 is 15.9 Å². The molecule has 0 radical (unpaired) electrons. The molecule has 0 unspecified atom stereocenters. The minimum atomic E-state index is -0.359. The van der Waals surface area contributed by atoms with Crippen LogP contribution in [0.15, 0.2) is 59.2 Å². The average Bonchev–Trinajstić information content (AvgIpc) is 2.92. The summed E-state index contributed by atoms with van der Waals surface area (Å²) in [7, 11) is 0. The molecular formula is C16H10BrFN2O. The Morgan fingerprint density at radius 3 is 2.57 bits per heavy atom. The molecule has 2 aromatic carbocycles. The molecule has 0 spiro atoms. The maximum atomic E-state index is 13.3. The number of nitrogens with zero attached hydrogens (tertiary/aromatic N) is 2. The van der Waals surface area contributed by atoms with Crippen LogP contribution in [-0.2, 0) is 0 Å². The molecule has 0 bridgehead atoms. The highest BCUT2D eigenvalue weighted by Crippen LogP contribution is 2.23. The zero-order chi connectivity index (χ0) is 14.8. The van der Waals surface area contributed by atoms with E-state index >= 15 is 0 Å². The van der Waals surface area contributed by atoms with Crippen molar-refractivity contribution in [2.45, 2.75) is 0 Å². The number of carbonyl (C=O) groups is 1. The fourth-order valence-electron chi connectivity index (χ4n) is 2.06. The van der Waals surface area contributed by atoms with E-state index in [1.54, 1.807) is 23.0 Å². The van der Waals surface area contributed by atoms with Crippen LogP contribution in [-0.4, -0.2) is 16.1 Å². The van der Waals surface area contributed by atoms with Gasteiger partial charge in [0.15, 0.2) is 6.29 Å². The monoisotopic (exact) mass is 344 g/mol. The number of aldehydes is 1. The molecule has 0 aliphatic carbocycles. The molecule has 21 heavy (non-hydrogen) atoms. The topological polar surface area (TPSA) is 34.9 Å². The van der Waals surface area contributed by atoms with E-state index in [1.807, 2.05) is 24.3 Å². The van der Waals surface area contributed by atoms with Gasteiger partial charge in [-0.2, -0.15) is 5.10 Å². The lowest BCUT2D eigenvalue weighted by Crippen LogP contribution is -1.94. The van der Waals surface area contributed by atoms with Crippen LogP contribution < -0.4 is 0 Å². The van der Waals surface area contributed by atoms with Crippen molar-refractivity contribution in [2.24, 2.45) is 0 Å². The third-order valence-electron chi connectivity index (χ3n) is 3.06. The summed E-state index contributed by atoms with van der Waals surface area (Å²) in [6.07, 6.45) is 2.36. The van der Waals surface area contributed by atoms with Crippen LogP contribution in [0.3, 0.4) is 0 Å². The predicted molar refractivity (Wildman–Crippen MR) is 82.0 cm³/mol. The fourth-order valence-corrected chi connectivity index (χ4v) is 2.32. The van der Waals surface area contributed by atoms with E-state index in [4.69, 9.17) is 0 Å². The van der Waals surface area contributed by atoms with E-state index in [9.17, 15) is 9.18 Å². The van der Waals surface area contributed by atoms with Crippen molar-refractivity contribution < 1.29 is 9.18 Å². The molecule has 0 aliphatic heterocycles. The van der Waals surface area contributed by atoms with Crippen molar-refractivity contribution >= 4 is 22.2 Å². The van der Waals surface area contributed by atoms with Crippen molar-refractivity contribution in [3.8, 4) is 16.9 Å². The van der Waals surface area contributed by atoms with Crippen molar-refractivity contribution in [3.63, 3.8) is 0 Å². The Morgan fingerprint density at radius 2 is 1.90 bits per heavy atom. The molecule has 0 saturated heterocycles. The first-order chi connectivity index (χ1) is 10.2.